The van der Waals surface area contributed by atoms with Gasteiger partial charge in [-0.1, -0.05) is 0 Å². The van der Waals surface area contributed by atoms with Gasteiger partial charge in [0.25, 0.3) is 0 Å². The van der Waals surface area contributed by atoms with Crippen molar-refractivity contribution in [3.63, 3.8) is 0 Å². The van der Waals surface area contributed by atoms with E-state index >= 15 is 0 Å². The first kappa shape index (κ1) is 14.1. The Bertz CT molecular complexity index is 559. The molecular formula is C10H12BrFN2O2S2. The van der Waals surface area contributed by atoms with E-state index in [-0.39, 0.29) is 10.6 Å². The molecule has 1 aliphatic heterocycles. The number of halogens is 2. The first-order valence-electron chi connectivity index (χ1n) is 5.25. The zero-order valence-electron chi connectivity index (χ0n) is 9.40. The Morgan fingerprint density at radius 1 is 1.33 bits per heavy atom. The maximum atomic E-state index is 13.8. The van der Waals surface area contributed by atoms with Gasteiger partial charge in [-0.3, -0.25) is 0 Å². The Kier molecular flexibility index (Phi) is 4.20. The van der Waals surface area contributed by atoms with Crippen LogP contribution in [0.2, 0.25) is 0 Å². The summed E-state index contributed by atoms with van der Waals surface area (Å²) in [7, 11) is -3.79. The molecule has 1 heterocycles. The summed E-state index contributed by atoms with van der Waals surface area (Å²) in [5, 5.41) is 0. The van der Waals surface area contributed by atoms with Crippen LogP contribution in [0.1, 0.15) is 0 Å². The molecule has 0 aliphatic carbocycles. The summed E-state index contributed by atoms with van der Waals surface area (Å²) in [5.74, 6) is 0.675. The Hall–Kier alpha value is -0.310. The van der Waals surface area contributed by atoms with E-state index in [1.54, 1.807) is 11.8 Å². The van der Waals surface area contributed by atoms with Crippen LogP contribution in [0.4, 0.5) is 10.1 Å². The van der Waals surface area contributed by atoms with Gasteiger partial charge in [0.15, 0.2) is 0 Å². The third-order valence-corrected chi connectivity index (χ3v) is 6.18. The minimum absolute atomic E-state index is 0.210. The summed E-state index contributed by atoms with van der Waals surface area (Å²) in [4.78, 5) is -0.352. The van der Waals surface area contributed by atoms with E-state index < -0.39 is 15.8 Å². The molecule has 1 saturated heterocycles. The number of nitrogens with two attached hydrogens (primary N) is 1. The molecule has 0 aromatic heterocycles. The van der Waals surface area contributed by atoms with Gasteiger partial charge in [0.1, 0.15) is 10.7 Å². The monoisotopic (exact) mass is 354 g/mol. The maximum Gasteiger partial charge on any atom is 0.246 e. The van der Waals surface area contributed by atoms with Gasteiger partial charge in [-0.25, -0.2) is 12.8 Å². The van der Waals surface area contributed by atoms with Gasteiger partial charge < -0.3 is 5.73 Å². The molecule has 8 heteroatoms. The molecule has 0 bridgehead atoms. The average molecular weight is 355 g/mol. The van der Waals surface area contributed by atoms with Crippen molar-refractivity contribution in [3.05, 3.63) is 22.4 Å². The van der Waals surface area contributed by atoms with Crippen LogP contribution < -0.4 is 5.73 Å². The molecule has 0 saturated carbocycles. The van der Waals surface area contributed by atoms with Gasteiger partial charge in [-0.05, 0) is 28.1 Å². The second kappa shape index (κ2) is 5.36. The molecule has 0 amide bonds. The highest BCUT2D eigenvalue weighted by molar-refractivity contribution is 9.10. The van der Waals surface area contributed by atoms with Crippen molar-refractivity contribution in [2.24, 2.45) is 0 Å². The van der Waals surface area contributed by atoms with E-state index in [1.165, 1.54) is 4.31 Å². The summed E-state index contributed by atoms with van der Waals surface area (Å²) in [6.45, 7) is 0.810. The Balaban J connectivity index is 2.43. The predicted molar refractivity (Wildman–Crippen MR) is 74.6 cm³/mol. The van der Waals surface area contributed by atoms with Gasteiger partial charge >= 0.3 is 0 Å². The number of thioether (sulfide) groups is 1. The van der Waals surface area contributed by atoms with E-state index in [4.69, 9.17) is 5.73 Å². The minimum atomic E-state index is -3.79. The van der Waals surface area contributed by atoms with Crippen LogP contribution in [0.5, 0.6) is 0 Å². The smallest absolute Gasteiger partial charge is 0.246 e. The molecule has 0 atom stereocenters. The number of hydrogen-bond acceptors (Lipinski definition) is 4. The molecule has 4 nitrogen and oxygen atoms in total. The summed E-state index contributed by atoms with van der Waals surface area (Å²) in [6.07, 6.45) is 0. The van der Waals surface area contributed by atoms with Gasteiger partial charge in [-0.15, -0.1) is 0 Å². The van der Waals surface area contributed by atoms with Crippen LogP contribution in [0.3, 0.4) is 0 Å². The van der Waals surface area contributed by atoms with Gasteiger partial charge in [-0.2, -0.15) is 16.1 Å². The first-order chi connectivity index (χ1) is 8.43. The highest BCUT2D eigenvalue weighted by Crippen LogP contribution is 2.28. The fourth-order valence-corrected chi connectivity index (χ4v) is 4.64. The average Bonchev–Trinajstić information content (AvgIpc) is 2.34. The van der Waals surface area contributed by atoms with Crippen molar-refractivity contribution in [3.8, 4) is 0 Å². The van der Waals surface area contributed by atoms with E-state index in [1.807, 2.05) is 0 Å². The molecule has 2 N–H and O–H groups in total. The molecule has 0 unspecified atom stereocenters. The van der Waals surface area contributed by atoms with Crippen molar-refractivity contribution in [1.82, 2.24) is 4.31 Å². The number of sulfonamides is 1. The van der Waals surface area contributed by atoms with Gasteiger partial charge in [0.2, 0.25) is 10.0 Å². The largest absolute Gasteiger partial charge is 0.398 e. The maximum absolute atomic E-state index is 13.8. The summed E-state index contributed by atoms with van der Waals surface area (Å²) in [5.41, 5.74) is 5.82. The second-order valence-corrected chi connectivity index (χ2v) is 7.81. The number of rotatable bonds is 2. The molecule has 1 fully saturated rings. The molecule has 2 rings (SSSR count). The number of anilines is 1. The zero-order valence-corrected chi connectivity index (χ0v) is 12.6. The number of nitrogen functional groups attached to an aromatic ring is 1. The lowest BCUT2D eigenvalue weighted by Gasteiger charge is -2.25. The molecule has 1 aliphatic rings. The highest BCUT2D eigenvalue weighted by atomic mass is 79.9. The first-order valence-corrected chi connectivity index (χ1v) is 8.64. The number of benzene rings is 1. The predicted octanol–water partition coefficient (Wildman–Crippen LogP) is 1.91. The molecule has 0 radical (unpaired) electrons. The zero-order chi connectivity index (χ0) is 13.3. The molecule has 18 heavy (non-hydrogen) atoms. The minimum Gasteiger partial charge on any atom is -0.398 e. The highest BCUT2D eigenvalue weighted by Gasteiger charge is 2.29. The van der Waals surface area contributed by atoms with E-state index in [2.05, 4.69) is 15.9 Å². The van der Waals surface area contributed by atoms with Crippen LogP contribution in [-0.2, 0) is 10.0 Å². The van der Waals surface area contributed by atoms with Crippen LogP contribution in [0, 0.1) is 5.82 Å². The molecular weight excluding hydrogens is 343 g/mol. The van der Waals surface area contributed by atoms with Crippen molar-refractivity contribution >= 4 is 43.4 Å². The lowest BCUT2D eigenvalue weighted by molar-refractivity contribution is 0.438. The fraction of sp³-hybridized carbons (Fsp3) is 0.400. The standard InChI is InChI=1S/C10H12BrFN2O2S2/c11-7-5-8(12)10(6-9(7)13)18(15,16)14-1-3-17-4-2-14/h5-6H,1-4,13H2. The quantitative estimate of drug-likeness (QED) is 0.824. The third-order valence-electron chi connectivity index (χ3n) is 2.64. The van der Waals surface area contributed by atoms with E-state index in [0.717, 1.165) is 23.6 Å². The lowest BCUT2D eigenvalue weighted by Crippen LogP contribution is -2.38. The fourth-order valence-electron chi connectivity index (χ4n) is 1.67. The van der Waals surface area contributed by atoms with Crippen molar-refractivity contribution < 1.29 is 12.8 Å². The van der Waals surface area contributed by atoms with Crippen molar-refractivity contribution in [2.45, 2.75) is 4.90 Å². The van der Waals surface area contributed by atoms with Gasteiger partial charge in [0, 0.05) is 34.8 Å². The van der Waals surface area contributed by atoms with Gasteiger partial charge in [0.05, 0.1) is 0 Å². The van der Waals surface area contributed by atoms with Crippen molar-refractivity contribution in [2.75, 3.05) is 30.3 Å². The van der Waals surface area contributed by atoms with Crippen molar-refractivity contribution in [1.29, 1.82) is 0 Å². The van der Waals surface area contributed by atoms with E-state index in [9.17, 15) is 12.8 Å². The van der Waals surface area contributed by atoms with Crippen LogP contribution in [0.15, 0.2) is 21.5 Å². The number of nitrogens with zero attached hydrogens (tertiary/aromatic N) is 1. The molecule has 100 valence electrons. The summed E-state index contributed by atoms with van der Waals surface area (Å²) >= 11 is 4.75. The summed E-state index contributed by atoms with van der Waals surface area (Å²) < 4.78 is 40.0. The topological polar surface area (TPSA) is 63.4 Å². The summed E-state index contributed by atoms with van der Waals surface area (Å²) in [6, 6.07) is 2.25. The van der Waals surface area contributed by atoms with Crippen LogP contribution >= 0.6 is 27.7 Å². The van der Waals surface area contributed by atoms with Crippen LogP contribution in [0.25, 0.3) is 0 Å². The molecule has 1 aromatic rings. The third kappa shape index (κ3) is 2.66. The Morgan fingerprint density at radius 3 is 2.56 bits per heavy atom. The Morgan fingerprint density at radius 2 is 1.94 bits per heavy atom. The van der Waals surface area contributed by atoms with Crippen LogP contribution in [-0.4, -0.2) is 37.3 Å². The molecule has 0 spiro atoms. The number of hydrogen-bond donors (Lipinski definition) is 1. The Labute approximate surface area is 118 Å². The van der Waals surface area contributed by atoms with E-state index in [0.29, 0.717) is 17.6 Å². The normalized spacial score (nSPS) is 17.9. The second-order valence-electron chi connectivity index (χ2n) is 3.82. The molecule has 1 aromatic carbocycles. The SMILES string of the molecule is Nc1cc(S(=O)(=O)N2CCSCC2)c(F)cc1Br. The lowest BCUT2D eigenvalue weighted by atomic mass is 10.3.